The Hall–Kier alpha value is -1.93. The smallest absolute Gasteiger partial charge is 0.235 e. The summed E-state index contributed by atoms with van der Waals surface area (Å²) in [7, 11) is 0. The summed E-state index contributed by atoms with van der Waals surface area (Å²) in [5, 5.41) is 0.533. The first-order chi connectivity index (χ1) is 7.22. The normalized spacial score (nSPS) is 10.3. The van der Waals surface area contributed by atoms with E-state index in [1.165, 1.54) is 6.08 Å². The minimum absolute atomic E-state index is 0.0372. The Morgan fingerprint density at radius 1 is 1.53 bits per heavy atom. The highest BCUT2D eigenvalue weighted by Gasteiger charge is 2.08. The molecule has 0 saturated carbocycles. The van der Waals surface area contributed by atoms with E-state index >= 15 is 0 Å². The topological polar surface area (TPSA) is 45.2 Å². The lowest BCUT2D eigenvalue weighted by atomic mass is 10.1. The Balaban J connectivity index is 2.58. The van der Waals surface area contributed by atoms with E-state index in [4.69, 9.17) is 0 Å². The van der Waals surface area contributed by atoms with Gasteiger partial charge < -0.3 is 4.98 Å². The fourth-order valence-electron chi connectivity index (χ4n) is 1.59. The number of aryl methyl sites for hydroxylation is 1. The van der Waals surface area contributed by atoms with Crippen molar-refractivity contribution < 1.29 is 9.18 Å². The van der Waals surface area contributed by atoms with Gasteiger partial charge in [-0.05, 0) is 19.1 Å². The highest BCUT2D eigenvalue weighted by atomic mass is 19.1. The second kappa shape index (κ2) is 3.67. The average molecular weight is 204 g/mol. The van der Waals surface area contributed by atoms with Crippen LogP contribution in [0.3, 0.4) is 0 Å². The zero-order chi connectivity index (χ0) is 10.8. The molecule has 0 saturated heterocycles. The van der Waals surface area contributed by atoms with Crippen LogP contribution in [0, 0.1) is 12.7 Å². The molecule has 4 heteroatoms. The van der Waals surface area contributed by atoms with Crippen molar-refractivity contribution >= 4 is 17.0 Å². The second-order valence-corrected chi connectivity index (χ2v) is 3.36. The van der Waals surface area contributed by atoms with Crippen LogP contribution in [0.1, 0.15) is 11.3 Å². The summed E-state index contributed by atoms with van der Waals surface area (Å²) >= 11 is 0. The Morgan fingerprint density at radius 3 is 3.07 bits per heavy atom. The van der Waals surface area contributed by atoms with Crippen molar-refractivity contribution in [3.05, 3.63) is 35.3 Å². The summed E-state index contributed by atoms with van der Waals surface area (Å²) in [4.78, 5) is 16.3. The van der Waals surface area contributed by atoms with Crippen molar-refractivity contribution in [3.63, 3.8) is 0 Å². The molecule has 0 aliphatic carbocycles. The first-order valence-corrected chi connectivity index (χ1v) is 4.52. The number of hydrogen-bond acceptors (Lipinski definition) is 2. The molecule has 3 nitrogen and oxygen atoms in total. The third kappa shape index (κ3) is 1.67. The molecule has 0 bridgehead atoms. The number of H-pyrrole nitrogens is 1. The summed E-state index contributed by atoms with van der Waals surface area (Å²) in [6, 6.07) is 5.13. The van der Waals surface area contributed by atoms with E-state index in [2.05, 4.69) is 9.98 Å². The van der Waals surface area contributed by atoms with Crippen molar-refractivity contribution in [1.82, 2.24) is 4.98 Å². The second-order valence-electron chi connectivity index (χ2n) is 3.36. The molecule has 2 aromatic rings. The van der Waals surface area contributed by atoms with Crippen LogP contribution in [0.15, 0.2) is 23.2 Å². The Labute approximate surface area is 85.6 Å². The molecule has 15 heavy (non-hydrogen) atoms. The summed E-state index contributed by atoms with van der Waals surface area (Å²) in [6.45, 7) is 1.90. The van der Waals surface area contributed by atoms with Crippen molar-refractivity contribution in [2.45, 2.75) is 13.5 Å². The largest absolute Gasteiger partial charge is 0.359 e. The molecule has 76 valence electrons. The van der Waals surface area contributed by atoms with E-state index in [9.17, 15) is 9.18 Å². The summed E-state index contributed by atoms with van der Waals surface area (Å²) in [5.74, 6) is -0.323. The van der Waals surface area contributed by atoms with Crippen molar-refractivity contribution in [1.29, 1.82) is 0 Å². The molecule has 1 aromatic carbocycles. The molecule has 0 aliphatic rings. The highest BCUT2D eigenvalue weighted by molar-refractivity contribution is 5.81. The SMILES string of the molecule is Cc1cc2c(F)c(CN=C=O)ccc2[nH]1. The van der Waals surface area contributed by atoms with Gasteiger partial charge in [-0.15, -0.1) is 0 Å². The average Bonchev–Trinajstić information content (AvgIpc) is 2.59. The van der Waals surface area contributed by atoms with Crippen LogP contribution in [0.4, 0.5) is 4.39 Å². The van der Waals surface area contributed by atoms with E-state index < -0.39 is 0 Å². The minimum Gasteiger partial charge on any atom is -0.359 e. The van der Waals surface area contributed by atoms with Gasteiger partial charge >= 0.3 is 0 Å². The number of isocyanates is 1. The van der Waals surface area contributed by atoms with Crippen LogP contribution in [-0.2, 0) is 11.3 Å². The monoisotopic (exact) mass is 204 g/mol. The van der Waals surface area contributed by atoms with Gasteiger partial charge in [0.15, 0.2) is 0 Å². The number of rotatable bonds is 2. The summed E-state index contributed by atoms with van der Waals surface area (Å²) in [6.07, 6.45) is 1.40. The molecule has 0 radical (unpaired) electrons. The molecule has 0 aliphatic heterocycles. The molecule has 0 spiro atoms. The molecule has 1 N–H and O–H groups in total. The molecule has 0 atom stereocenters. The number of carbonyl (C=O) groups excluding carboxylic acids is 1. The van der Waals surface area contributed by atoms with Gasteiger partial charge in [0.1, 0.15) is 5.82 Å². The van der Waals surface area contributed by atoms with E-state index in [1.54, 1.807) is 18.2 Å². The molecule has 2 rings (SSSR count). The fourth-order valence-corrected chi connectivity index (χ4v) is 1.59. The number of aromatic amines is 1. The summed E-state index contributed by atoms with van der Waals surface area (Å²) < 4.78 is 13.8. The van der Waals surface area contributed by atoms with Crippen LogP contribution in [0.25, 0.3) is 10.9 Å². The number of hydrogen-bond donors (Lipinski definition) is 1. The lowest BCUT2D eigenvalue weighted by Gasteiger charge is -1.99. The van der Waals surface area contributed by atoms with E-state index in [1.807, 2.05) is 6.92 Å². The van der Waals surface area contributed by atoms with Gasteiger partial charge in [0.2, 0.25) is 6.08 Å². The number of nitrogens with zero attached hydrogens (tertiary/aromatic N) is 1. The third-order valence-corrected chi connectivity index (χ3v) is 2.27. The molecule has 0 amide bonds. The molecule has 1 heterocycles. The van der Waals surface area contributed by atoms with Gasteiger partial charge in [-0.2, -0.15) is 0 Å². The number of nitrogens with one attached hydrogen (secondary N) is 1. The van der Waals surface area contributed by atoms with E-state index in [0.29, 0.717) is 10.9 Å². The quantitative estimate of drug-likeness (QED) is 0.592. The molecule has 0 unspecified atom stereocenters. The van der Waals surface area contributed by atoms with Gasteiger partial charge in [-0.1, -0.05) is 6.07 Å². The number of aromatic nitrogens is 1. The number of benzene rings is 1. The maximum Gasteiger partial charge on any atom is 0.235 e. The predicted molar refractivity (Wildman–Crippen MR) is 54.8 cm³/mol. The van der Waals surface area contributed by atoms with Crippen molar-refractivity contribution in [2.75, 3.05) is 0 Å². The Morgan fingerprint density at radius 2 is 2.33 bits per heavy atom. The van der Waals surface area contributed by atoms with Gasteiger partial charge in [0, 0.05) is 22.2 Å². The number of aliphatic imine (C=N–C) groups is 1. The van der Waals surface area contributed by atoms with Crippen LogP contribution in [0.2, 0.25) is 0 Å². The van der Waals surface area contributed by atoms with Gasteiger partial charge in [0.05, 0.1) is 6.54 Å². The van der Waals surface area contributed by atoms with Gasteiger partial charge in [0.25, 0.3) is 0 Å². The van der Waals surface area contributed by atoms with Crippen molar-refractivity contribution in [2.24, 2.45) is 4.99 Å². The van der Waals surface area contributed by atoms with Crippen LogP contribution >= 0.6 is 0 Å². The van der Waals surface area contributed by atoms with E-state index in [0.717, 1.165) is 11.2 Å². The Kier molecular flexibility index (Phi) is 2.35. The van der Waals surface area contributed by atoms with Gasteiger partial charge in [-0.25, -0.2) is 14.2 Å². The maximum absolute atomic E-state index is 13.8. The molecule has 1 aromatic heterocycles. The Bertz CT molecular complexity index is 553. The fraction of sp³-hybridized carbons (Fsp3) is 0.182. The maximum atomic E-state index is 13.8. The van der Waals surface area contributed by atoms with E-state index in [-0.39, 0.29) is 12.4 Å². The lowest BCUT2D eigenvalue weighted by Crippen LogP contribution is -1.88. The predicted octanol–water partition coefficient (Wildman–Crippen LogP) is 2.45. The molecular formula is C11H9FN2O. The van der Waals surface area contributed by atoms with Gasteiger partial charge in [-0.3, -0.25) is 0 Å². The summed E-state index contributed by atoms with van der Waals surface area (Å²) in [5.41, 5.74) is 2.06. The van der Waals surface area contributed by atoms with Crippen molar-refractivity contribution in [3.8, 4) is 0 Å². The first kappa shape index (κ1) is 9.62. The zero-order valence-electron chi connectivity index (χ0n) is 8.17. The molecule has 0 fully saturated rings. The standard InChI is InChI=1S/C11H9FN2O/c1-7-4-9-10(14-7)3-2-8(11(9)12)5-13-6-15/h2-4,14H,5H2,1H3. The number of halogens is 1. The third-order valence-electron chi connectivity index (χ3n) is 2.27. The lowest BCUT2D eigenvalue weighted by molar-refractivity contribution is 0.562. The number of fused-ring (bicyclic) bond motifs is 1. The van der Waals surface area contributed by atoms with Crippen LogP contribution in [0.5, 0.6) is 0 Å². The minimum atomic E-state index is -0.323. The highest BCUT2D eigenvalue weighted by Crippen LogP contribution is 2.22. The first-order valence-electron chi connectivity index (χ1n) is 4.52. The van der Waals surface area contributed by atoms with Crippen LogP contribution in [-0.4, -0.2) is 11.1 Å². The zero-order valence-corrected chi connectivity index (χ0v) is 8.17. The van der Waals surface area contributed by atoms with Crippen LogP contribution < -0.4 is 0 Å². The molecular weight excluding hydrogens is 195 g/mol.